The largest absolute Gasteiger partial charge is 0.309 e. The highest BCUT2D eigenvalue weighted by Gasteiger charge is 2.20. The summed E-state index contributed by atoms with van der Waals surface area (Å²) in [6.45, 7) is 1.15. The molecule has 1 aromatic carbocycles. The predicted octanol–water partition coefficient (Wildman–Crippen LogP) is 2.22. The van der Waals surface area contributed by atoms with Gasteiger partial charge in [-0.2, -0.15) is 0 Å². The standard InChI is InChI=1S/C11H16Cl2N2O2S/c1-15(2)8-4-7-14-18(16,17)11-9(12)5-3-6-10(11)13/h3,5-6,14H,4,7-8H2,1-2H3. The van der Waals surface area contributed by atoms with Gasteiger partial charge in [-0.25, -0.2) is 13.1 Å². The Bertz CT molecular complexity index is 484. The SMILES string of the molecule is CN(C)CCCNS(=O)(=O)c1c(Cl)cccc1Cl. The normalized spacial score (nSPS) is 12.1. The van der Waals surface area contributed by atoms with Gasteiger partial charge in [0.1, 0.15) is 4.90 Å². The Kier molecular flexibility index (Phi) is 5.88. The van der Waals surface area contributed by atoms with E-state index in [2.05, 4.69) is 4.72 Å². The third kappa shape index (κ3) is 4.40. The van der Waals surface area contributed by atoms with Crippen LogP contribution in [0.25, 0.3) is 0 Å². The molecule has 0 spiro atoms. The topological polar surface area (TPSA) is 49.4 Å². The zero-order chi connectivity index (χ0) is 13.8. The quantitative estimate of drug-likeness (QED) is 0.820. The number of rotatable bonds is 6. The van der Waals surface area contributed by atoms with Gasteiger partial charge in [0, 0.05) is 6.54 Å². The monoisotopic (exact) mass is 310 g/mol. The van der Waals surface area contributed by atoms with Crippen LogP contribution in [0.1, 0.15) is 6.42 Å². The first-order chi connectivity index (χ1) is 8.34. The van der Waals surface area contributed by atoms with E-state index in [1.165, 1.54) is 12.1 Å². The van der Waals surface area contributed by atoms with Crippen LogP contribution in [0.15, 0.2) is 23.1 Å². The highest BCUT2D eigenvalue weighted by molar-refractivity contribution is 7.89. The molecule has 0 radical (unpaired) electrons. The molecule has 0 aliphatic heterocycles. The Morgan fingerprint density at radius 1 is 1.22 bits per heavy atom. The zero-order valence-electron chi connectivity index (χ0n) is 10.3. The maximum atomic E-state index is 12.0. The molecule has 0 atom stereocenters. The number of sulfonamides is 1. The van der Waals surface area contributed by atoms with Gasteiger partial charge in [-0.1, -0.05) is 29.3 Å². The van der Waals surface area contributed by atoms with Crippen molar-refractivity contribution < 1.29 is 8.42 Å². The summed E-state index contributed by atoms with van der Waals surface area (Å²) in [5.74, 6) is 0. The van der Waals surface area contributed by atoms with Gasteiger partial charge in [0.15, 0.2) is 0 Å². The highest BCUT2D eigenvalue weighted by atomic mass is 35.5. The van der Waals surface area contributed by atoms with Crippen molar-refractivity contribution in [2.24, 2.45) is 0 Å². The molecule has 1 aromatic rings. The highest BCUT2D eigenvalue weighted by Crippen LogP contribution is 2.28. The van der Waals surface area contributed by atoms with Crippen LogP contribution in [-0.4, -0.2) is 40.5 Å². The van der Waals surface area contributed by atoms with Crippen molar-refractivity contribution in [3.05, 3.63) is 28.2 Å². The molecule has 0 unspecified atom stereocenters. The molecule has 1 N–H and O–H groups in total. The summed E-state index contributed by atoms with van der Waals surface area (Å²) >= 11 is 11.7. The lowest BCUT2D eigenvalue weighted by atomic mass is 10.4. The molecule has 4 nitrogen and oxygen atoms in total. The number of hydrogen-bond donors (Lipinski definition) is 1. The van der Waals surface area contributed by atoms with Crippen molar-refractivity contribution in [2.45, 2.75) is 11.3 Å². The summed E-state index contributed by atoms with van der Waals surface area (Å²) in [6, 6.07) is 4.61. The van der Waals surface area contributed by atoms with Crippen LogP contribution in [0, 0.1) is 0 Å². The molecule has 0 aliphatic rings. The molecule has 0 fully saturated rings. The average molecular weight is 311 g/mol. The van der Waals surface area contributed by atoms with Gasteiger partial charge in [-0.3, -0.25) is 0 Å². The Morgan fingerprint density at radius 2 is 1.78 bits per heavy atom. The fourth-order valence-corrected chi connectivity index (χ4v) is 3.63. The smallest absolute Gasteiger partial charge is 0.243 e. The third-order valence-corrected chi connectivity index (χ3v) is 4.68. The van der Waals surface area contributed by atoms with E-state index in [1.54, 1.807) is 6.07 Å². The lowest BCUT2D eigenvalue weighted by molar-refractivity contribution is 0.400. The van der Waals surface area contributed by atoms with Crippen LogP contribution in [0.4, 0.5) is 0 Å². The van der Waals surface area contributed by atoms with Crippen molar-refractivity contribution in [3.8, 4) is 0 Å². The molecule has 0 heterocycles. The van der Waals surface area contributed by atoms with E-state index in [-0.39, 0.29) is 14.9 Å². The second kappa shape index (κ2) is 6.73. The minimum absolute atomic E-state index is 0.0572. The van der Waals surface area contributed by atoms with Gasteiger partial charge in [0.2, 0.25) is 10.0 Å². The Labute approximate surface area is 118 Å². The lowest BCUT2D eigenvalue weighted by Gasteiger charge is -2.11. The van der Waals surface area contributed by atoms with Gasteiger partial charge in [-0.05, 0) is 39.2 Å². The molecule has 0 bridgehead atoms. The van der Waals surface area contributed by atoms with E-state index < -0.39 is 10.0 Å². The minimum atomic E-state index is -3.65. The van der Waals surface area contributed by atoms with Gasteiger partial charge < -0.3 is 4.90 Å². The van der Waals surface area contributed by atoms with Crippen molar-refractivity contribution in [3.63, 3.8) is 0 Å². The van der Waals surface area contributed by atoms with E-state index in [0.29, 0.717) is 13.0 Å². The number of nitrogens with one attached hydrogen (secondary N) is 1. The van der Waals surface area contributed by atoms with E-state index in [9.17, 15) is 8.42 Å². The van der Waals surface area contributed by atoms with Gasteiger partial charge >= 0.3 is 0 Å². The molecular weight excluding hydrogens is 295 g/mol. The maximum absolute atomic E-state index is 12.0. The number of benzene rings is 1. The second-order valence-corrected chi connectivity index (χ2v) is 6.62. The summed E-state index contributed by atoms with van der Waals surface area (Å²) in [4.78, 5) is 1.93. The van der Waals surface area contributed by atoms with Crippen LogP contribution in [0.2, 0.25) is 10.0 Å². The Balaban J connectivity index is 2.75. The second-order valence-electron chi connectivity index (χ2n) is 4.11. The fraction of sp³-hybridized carbons (Fsp3) is 0.455. The average Bonchev–Trinajstić information content (AvgIpc) is 2.23. The first kappa shape index (κ1) is 15.7. The van der Waals surface area contributed by atoms with E-state index in [0.717, 1.165) is 6.54 Å². The number of halogens is 2. The molecule has 18 heavy (non-hydrogen) atoms. The fourth-order valence-electron chi connectivity index (χ4n) is 1.41. The van der Waals surface area contributed by atoms with Crippen LogP contribution < -0.4 is 4.72 Å². The van der Waals surface area contributed by atoms with Gasteiger partial charge in [0.05, 0.1) is 10.0 Å². The Morgan fingerprint density at radius 3 is 2.28 bits per heavy atom. The maximum Gasteiger partial charge on any atom is 0.243 e. The molecule has 0 amide bonds. The minimum Gasteiger partial charge on any atom is -0.309 e. The summed E-state index contributed by atoms with van der Waals surface area (Å²) in [5, 5.41) is 0.255. The number of hydrogen-bond acceptors (Lipinski definition) is 3. The molecule has 0 aliphatic carbocycles. The van der Waals surface area contributed by atoms with Crippen LogP contribution in [0.3, 0.4) is 0 Å². The Hall–Kier alpha value is -0.330. The summed E-state index contributed by atoms with van der Waals surface area (Å²) in [5.41, 5.74) is 0. The van der Waals surface area contributed by atoms with Gasteiger partial charge in [0.25, 0.3) is 0 Å². The van der Waals surface area contributed by atoms with Crippen LogP contribution in [-0.2, 0) is 10.0 Å². The van der Waals surface area contributed by atoms with Crippen molar-refractivity contribution in [2.75, 3.05) is 27.2 Å². The van der Waals surface area contributed by atoms with Crippen molar-refractivity contribution >= 4 is 33.2 Å². The van der Waals surface area contributed by atoms with Crippen molar-refractivity contribution in [1.82, 2.24) is 9.62 Å². The zero-order valence-corrected chi connectivity index (χ0v) is 12.6. The molecule has 102 valence electrons. The number of nitrogens with zero attached hydrogens (tertiary/aromatic N) is 1. The molecule has 1 rings (SSSR count). The van der Waals surface area contributed by atoms with Crippen LogP contribution in [0.5, 0.6) is 0 Å². The predicted molar refractivity (Wildman–Crippen MR) is 74.8 cm³/mol. The summed E-state index contributed by atoms with van der Waals surface area (Å²) in [6.07, 6.45) is 0.717. The van der Waals surface area contributed by atoms with Crippen molar-refractivity contribution in [1.29, 1.82) is 0 Å². The summed E-state index contributed by atoms with van der Waals surface area (Å²) < 4.78 is 26.5. The van der Waals surface area contributed by atoms with Gasteiger partial charge in [-0.15, -0.1) is 0 Å². The van der Waals surface area contributed by atoms with E-state index in [4.69, 9.17) is 23.2 Å². The first-order valence-electron chi connectivity index (χ1n) is 5.43. The first-order valence-corrected chi connectivity index (χ1v) is 7.67. The summed E-state index contributed by atoms with van der Waals surface area (Å²) in [7, 11) is 0.208. The molecule has 0 saturated carbocycles. The third-order valence-electron chi connectivity index (χ3n) is 2.26. The lowest BCUT2D eigenvalue weighted by Crippen LogP contribution is -2.27. The molecule has 0 aromatic heterocycles. The molecule has 0 saturated heterocycles. The van der Waals surface area contributed by atoms with Crippen LogP contribution >= 0.6 is 23.2 Å². The van der Waals surface area contributed by atoms with E-state index in [1.807, 2.05) is 19.0 Å². The van der Waals surface area contributed by atoms with E-state index >= 15 is 0 Å². The molecular formula is C11H16Cl2N2O2S. The molecule has 7 heteroatoms.